The fourth-order valence-corrected chi connectivity index (χ4v) is 3.05. The Kier molecular flexibility index (Phi) is 7.40. The van der Waals surface area contributed by atoms with Gasteiger partial charge in [-0.25, -0.2) is 10.2 Å². The average molecular weight is 447 g/mol. The molecule has 1 aromatic heterocycles. The molecule has 1 atom stereocenters. The van der Waals surface area contributed by atoms with Crippen molar-refractivity contribution in [1.29, 1.82) is 0 Å². The maximum atomic E-state index is 12.6. The lowest BCUT2D eigenvalue weighted by molar-refractivity contribution is -0.123. The van der Waals surface area contributed by atoms with Gasteiger partial charge in [0.05, 0.1) is 11.8 Å². The monoisotopic (exact) mass is 447 g/mol. The van der Waals surface area contributed by atoms with E-state index in [0.717, 1.165) is 5.56 Å². The minimum Gasteiger partial charge on any atom is -0.478 e. The van der Waals surface area contributed by atoms with Crippen LogP contribution in [0.2, 0.25) is 0 Å². The molecule has 0 radical (unpaired) electrons. The van der Waals surface area contributed by atoms with Crippen LogP contribution < -0.4 is 10.7 Å². The molecule has 0 saturated heterocycles. The molecule has 33 heavy (non-hydrogen) atoms. The van der Waals surface area contributed by atoms with Gasteiger partial charge in [-0.05, 0) is 49.2 Å². The van der Waals surface area contributed by atoms with E-state index in [1.165, 1.54) is 18.3 Å². The maximum absolute atomic E-state index is 12.6. The first kappa shape index (κ1) is 23.5. The summed E-state index contributed by atoms with van der Waals surface area (Å²) in [5.41, 5.74) is 4.85. The highest BCUT2D eigenvalue weighted by Gasteiger charge is 2.24. The van der Waals surface area contributed by atoms with E-state index in [4.69, 9.17) is 9.52 Å². The second-order valence-electron chi connectivity index (χ2n) is 7.88. The van der Waals surface area contributed by atoms with Gasteiger partial charge in [0.25, 0.3) is 11.8 Å². The Morgan fingerprint density at radius 3 is 2.18 bits per heavy atom. The molecule has 3 rings (SSSR count). The highest BCUT2D eigenvalue weighted by atomic mass is 16.4. The molecule has 8 nitrogen and oxygen atoms in total. The van der Waals surface area contributed by atoms with Gasteiger partial charge < -0.3 is 14.8 Å². The lowest BCUT2D eigenvalue weighted by Crippen LogP contribution is -2.48. The molecule has 0 spiro atoms. The molecule has 170 valence electrons. The van der Waals surface area contributed by atoms with Gasteiger partial charge in [-0.15, -0.1) is 0 Å². The van der Waals surface area contributed by atoms with Crippen LogP contribution in [0.25, 0.3) is 11.3 Å². The lowest BCUT2D eigenvalue weighted by atomic mass is 10.0. The minimum atomic E-state index is -1.00. The highest BCUT2D eigenvalue weighted by Crippen LogP contribution is 2.22. The lowest BCUT2D eigenvalue weighted by Gasteiger charge is -2.20. The van der Waals surface area contributed by atoms with Gasteiger partial charge in [0, 0.05) is 11.1 Å². The number of carboxylic acids is 1. The summed E-state index contributed by atoms with van der Waals surface area (Å²) in [6, 6.07) is 16.0. The SMILES string of the molecule is Cc1ccc(C(=O)N[C@@H](C(=O)N/N=C\c2ccc(-c3ccc(C(=O)O)cc3)o2)C(C)C)cc1. The zero-order valence-corrected chi connectivity index (χ0v) is 18.5. The number of furan rings is 1. The van der Waals surface area contributed by atoms with Crippen molar-refractivity contribution in [1.82, 2.24) is 10.7 Å². The van der Waals surface area contributed by atoms with Crippen molar-refractivity contribution in [2.45, 2.75) is 26.8 Å². The third kappa shape index (κ3) is 6.16. The number of aryl methyl sites for hydroxylation is 1. The first-order valence-electron chi connectivity index (χ1n) is 10.4. The van der Waals surface area contributed by atoms with Gasteiger partial charge >= 0.3 is 5.97 Å². The molecule has 0 unspecified atom stereocenters. The maximum Gasteiger partial charge on any atom is 0.335 e. The Morgan fingerprint density at radius 1 is 0.939 bits per heavy atom. The second-order valence-corrected chi connectivity index (χ2v) is 7.88. The molecular formula is C25H25N3O5. The fraction of sp³-hybridized carbons (Fsp3) is 0.200. The predicted molar refractivity (Wildman–Crippen MR) is 124 cm³/mol. The van der Waals surface area contributed by atoms with E-state index >= 15 is 0 Å². The Hall–Kier alpha value is -4.20. The number of amides is 2. The topological polar surface area (TPSA) is 121 Å². The largest absolute Gasteiger partial charge is 0.478 e. The number of nitrogens with zero attached hydrogens (tertiary/aromatic N) is 1. The van der Waals surface area contributed by atoms with E-state index < -0.39 is 17.9 Å². The number of hydrazone groups is 1. The van der Waals surface area contributed by atoms with Crippen molar-refractivity contribution in [2.75, 3.05) is 0 Å². The Labute approximate surface area is 191 Å². The number of aromatic carboxylic acids is 1. The molecule has 3 N–H and O–H groups in total. The van der Waals surface area contributed by atoms with Crippen LogP contribution >= 0.6 is 0 Å². The van der Waals surface area contributed by atoms with Gasteiger partial charge in [0.15, 0.2) is 0 Å². The van der Waals surface area contributed by atoms with Crippen molar-refractivity contribution in [2.24, 2.45) is 11.0 Å². The van der Waals surface area contributed by atoms with E-state index in [1.54, 1.807) is 36.4 Å². The molecule has 2 amide bonds. The summed E-state index contributed by atoms with van der Waals surface area (Å²) in [5, 5.41) is 15.7. The number of hydrogen-bond donors (Lipinski definition) is 3. The Balaban J connectivity index is 1.61. The number of rotatable bonds is 8. The molecule has 0 aliphatic rings. The number of benzene rings is 2. The number of hydrogen-bond acceptors (Lipinski definition) is 5. The number of carbonyl (C=O) groups is 3. The number of carboxylic acid groups (broad SMARTS) is 1. The quantitative estimate of drug-likeness (QED) is 0.358. The molecule has 0 aliphatic carbocycles. The minimum absolute atomic E-state index is 0.154. The summed E-state index contributed by atoms with van der Waals surface area (Å²) in [5.74, 6) is -1.00. The number of carbonyl (C=O) groups excluding carboxylic acids is 2. The van der Waals surface area contributed by atoms with Crippen LogP contribution in [0.4, 0.5) is 0 Å². The van der Waals surface area contributed by atoms with Gasteiger partial charge in [0.1, 0.15) is 17.6 Å². The molecular weight excluding hydrogens is 422 g/mol. The van der Waals surface area contributed by atoms with E-state index in [-0.39, 0.29) is 17.4 Å². The average Bonchev–Trinajstić information content (AvgIpc) is 3.26. The van der Waals surface area contributed by atoms with Crippen molar-refractivity contribution in [3.05, 3.63) is 83.1 Å². The summed E-state index contributed by atoms with van der Waals surface area (Å²) in [7, 11) is 0. The standard InChI is InChI=1S/C25H25N3O5/c1-15(2)22(27-23(29)18-6-4-16(3)5-7-18)24(30)28-26-14-20-12-13-21(33-20)17-8-10-19(11-9-17)25(31)32/h4-15,22H,1-3H3,(H,27,29)(H,28,30)(H,31,32)/b26-14-/t22-/m1/s1. The van der Waals surface area contributed by atoms with Crippen molar-refractivity contribution in [3.8, 4) is 11.3 Å². The molecule has 1 heterocycles. The predicted octanol–water partition coefficient (Wildman–Crippen LogP) is 3.86. The molecule has 0 fully saturated rings. The smallest absolute Gasteiger partial charge is 0.335 e. The van der Waals surface area contributed by atoms with Gasteiger partial charge in [-0.2, -0.15) is 5.10 Å². The zero-order chi connectivity index (χ0) is 24.0. The van der Waals surface area contributed by atoms with Crippen LogP contribution in [-0.4, -0.2) is 35.1 Å². The normalized spacial score (nSPS) is 12.0. The molecule has 8 heteroatoms. The van der Waals surface area contributed by atoms with E-state index in [1.807, 2.05) is 32.9 Å². The van der Waals surface area contributed by atoms with Crippen molar-refractivity contribution >= 4 is 24.0 Å². The summed E-state index contributed by atoms with van der Waals surface area (Å²) >= 11 is 0. The summed E-state index contributed by atoms with van der Waals surface area (Å²) in [6.07, 6.45) is 1.35. The fourth-order valence-electron chi connectivity index (χ4n) is 3.05. The Bertz CT molecular complexity index is 1160. The number of nitrogens with one attached hydrogen (secondary N) is 2. The van der Waals surface area contributed by atoms with Crippen LogP contribution in [-0.2, 0) is 4.79 Å². The molecule has 0 saturated carbocycles. The molecule has 0 bridgehead atoms. The van der Waals surface area contributed by atoms with Gasteiger partial charge in [-0.3, -0.25) is 9.59 Å². The third-order valence-corrected chi connectivity index (χ3v) is 4.96. The van der Waals surface area contributed by atoms with Gasteiger partial charge in [0.2, 0.25) is 0 Å². The third-order valence-electron chi connectivity index (χ3n) is 4.96. The molecule has 3 aromatic rings. The first-order valence-corrected chi connectivity index (χ1v) is 10.4. The van der Waals surface area contributed by atoms with Crippen molar-refractivity contribution < 1.29 is 23.9 Å². The summed E-state index contributed by atoms with van der Waals surface area (Å²) in [4.78, 5) is 36.0. The summed E-state index contributed by atoms with van der Waals surface area (Å²) in [6.45, 7) is 5.59. The van der Waals surface area contributed by atoms with Crippen LogP contribution in [0, 0.1) is 12.8 Å². The summed E-state index contributed by atoms with van der Waals surface area (Å²) < 4.78 is 5.67. The molecule has 2 aromatic carbocycles. The van der Waals surface area contributed by atoms with Crippen LogP contribution in [0.1, 0.15) is 45.9 Å². The first-order chi connectivity index (χ1) is 15.7. The van der Waals surface area contributed by atoms with E-state index in [2.05, 4.69) is 15.8 Å². The second kappa shape index (κ2) is 10.4. The zero-order valence-electron chi connectivity index (χ0n) is 18.5. The van der Waals surface area contributed by atoms with E-state index in [9.17, 15) is 14.4 Å². The van der Waals surface area contributed by atoms with Crippen LogP contribution in [0.15, 0.2) is 70.2 Å². The van der Waals surface area contributed by atoms with Crippen molar-refractivity contribution in [3.63, 3.8) is 0 Å². The van der Waals surface area contributed by atoms with E-state index in [0.29, 0.717) is 22.6 Å². The Morgan fingerprint density at radius 2 is 1.58 bits per heavy atom. The van der Waals surface area contributed by atoms with Crippen LogP contribution in [0.5, 0.6) is 0 Å². The molecule has 0 aliphatic heterocycles. The highest BCUT2D eigenvalue weighted by molar-refractivity contribution is 5.97. The van der Waals surface area contributed by atoms with Crippen LogP contribution in [0.3, 0.4) is 0 Å². The van der Waals surface area contributed by atoms with Gasteiger partial charge in [-0.1, -0.05) is 43.7 Å².